The molecule has 0 amide bonds. The fourth-order valence-corrected chi connectivity index (χ4v) is 5.91. The highest BCUT2D eigenvalue weighted by molar-refractivity contribution is 9.11. The fraction of sp³-hybridized carbons (Fsp3) is 0.714. The van der Waals surface area contributed by atoms with Gasteiger partial charge in [0.2, 0.25) is 0 Å². The highest BCUT2D eigenvalue weighted by atomic mass is 79.9. The number of hydrogen-bond acceptors (Lipinski definition) is 4. The molecule has 0 aromatic carbocycles. The topological polar surface area (TPSA) is 25.2 Å². The Morgan fingerprint density at radius 2 is 1.90 bits per heavy atom. The van der Waals surface area contributed by atoms with E-state index >= 15 is 0 Å². The molecule has 2 heterocycles. The van der Waals surface area contributed by atoms with E-state index < -0.39 is 0 Å². The SMILES string of the molecule is CCCCC1(CCCC)N=C(c2ncc(Br)s2)SC1Br. The molecule has 0 fully saturated rings. The minimum atomic E-state index is 0.0597. The molecule has 6 heteroatoms. The maximum absolute atomic E-state index is 5.12. The van der Waals surface area contributed by atoms with E-state index in [1.54, 1.807) is 11.3 Å². The molecule has 0 saturated heterocycles. The van der Waals surface area contributed by atoms with E-state index in [1.807, 2.05) is 18.0 Å². The molecule has 1 aliphatic heterocycles. The van der Waals surface area contributed by atoms with Gasteiger partial charge in [0.1, 0.15) is 10.1 Å². The molecule has 1 aromatic rings. The number of halogens is 2. The number of aliphatic imine (C=N–C) groups is 1. The Balaban J connectivity index is 2.22. The number of alkyl halides is 1. The Morgan fingerprint density at radius 1 is 1.25 bits per heavy atom. The lowest BCUT2D eigenvalue weighted by molar-refractivity contribution is 0.381. The number of nitrogens with zero attached hydrogens (tertiary/aromatic N) is 2. The summed E-state index contributed by atoms with van der Waals surface area (Å²) in [5.74, 6) is 0. The molecular formula is C14H20Br2N2S2. The lowest BCUT2D eigenvalue weighted by Crippen LogP contribution is -2.32. The van der Waals surface area contributed by atoms with Gasteiger partial charge < -0.3 is 0 Å². The van der Waals surface area contributed by atoms with Crippen molar-refractivity contribution in [3.8, 4) is 0 Å². The summed E-state index contributed by atoms with van der Waals surface area (Å²) in [4.78, 5) is 9.58. The molecule has 1 atom stereocenters. The summed E-state index contributed by atoms with van der Waals surface area (Å²) < 4.78 is 1.45. The Morgan fingerprint density at radius 3 is 2.40 bits per heavy atom. The van der Waals surface area contributed by atoms with Crippen LogP contribution in [0.3, 0.4) is 0 Å². The van der Waals surface area contributed by atoms with Gasteiger partial charge in [0, 0.05) is 0 Å². The normalized spacial score (nSPS) is 21.2. The van der Waals surface area contributed by atoms with Crippen molar-refractivity contribution in [2.24, 2.45) is 4.99 Å². The lowest BCUT2D eigenvalue weighted by atomic mass is 9.89. The van der Waals surface area contributed by atoms with Gasteiger partial charge in [0.25, 0.3) is 0 Å². The number of thioether (sulfide) groups is 1. The first kappa shape index (κ1) is 17.0. The van der Waals surface area contributed by atoms with E-state index in [-0.39, 0.29) is 5.54 Å². The molecule has 1 unspecified atom stereocenters. The molecule has 1 aliphatic rings. The van der Waals surface area contributed by atoms with Crippen molar-refractivity contribution < 1.29 is 0 Å². The minimum Gasteiger partial charge on any atom is -0.267 e. The molecule has 0 radical (unpaired) electrons. The smallest absolute Gasteiger partial charge is 0.149 e. The molecule has 2 nitrogen and oxygen atoms in total. The molecule has 0 saturated carbocycles. The second kappa shape index (κ2) is 7.75. The van der Waals surface area contributed by atoms with Gasteiger partial charge in [-0.3, -0.25) is 4.99 Å². The number of thiazole rings is 1. The van der Waals surface area contributed by atoms with Gasteiger partial charge in [-0.15, -0.1) is 11.3 Å². The summed E-state index contributed by atoms with van der Waals surface area (Å²) in [6.45, 7) is 4.50. The van der Waals surface area contributed by atoms with Gasteiger partial charge in [-0.25, -0.2) is 4.98 Å². The number of unbranched alkanes of at least 4 members (excludes halogenated alkanes) is 2. The first-order chi connectivity index (χ1) is 9.61. The third kappa shape index (κ3) is 3.87. The van der Waals surface area contributed by atoms with Crippen molar-refractivity contribution in [3.63, 3.8) is 0 Å². The summed E-state index contributed by atoms with van der Waals surface area (Å²) in [6.07, 6.45) is 9.14. The van der Waals surface area contributed by atoms with Gasteiger partial charge in [0.15, 0.2) is 0 Å². The van der Waals surface area contributed by atoms with E-state index in [0.29, 0.717) is 4.16 Å². The Kier molecular flexibility index (Phi) is 6.57. The summed E-state index contributed by atoms with van der Waals surface area (Å²) in [5, 5.41) is 2.15. The average Bonchev–Trinajstić information content (AvgIpc) is 2.99. The minimum absolute atomic E-state index is 0.0597. The van der Waals surface area contributed by atoms with Crippen LogP contribution in [-0.2, 0) is 0 Å². The van der Waals surface area contributed by atoms with Crippen LogP contribution in [0.5, 0.6) is 0 Å². The first-order valence-corrected chi connectivity index (χ1v) is 10.5. The van der Waals surface area contributed by atoms with E-state index in [0.717, 1.165) is 13.8 Å². The predicted octanol–water partition coefficient (Wildman–Crippen LogP) is 6.24. The van der Waals surface area contributed by atoms with Crippen LogP contribution in [0, 0.1) is 0 Å². The van der Waals surface area contributed by atoms with E-state index in [2.05, 4.69) is 50.7 Å². The van der Waals surface area contributed by atoms with Crippen molar-refractivity contribution in [1.82, 2.24) is 4.98 Å². The molecule has 112 valence electrons. The third-order valence-electron chi connectivity index (χ3n) is 3.55. The summed E-state index contributed by atoms with van der Waals surface area (Å²) in [5.41, 5.74) is 0.0597. The van der Waals surface area contributed by atoms with E-state index in [1.165, 1.54) is 38.5 Å². The molecule has 0 bridgehead atoms. The van der Waals surface area contributed by atoms with Crippen LogP contribution in [0.2, 0.25) is 0 Å². The van der Waals surface area contributed by atoms with Crippen molar-refractivity contribution in [2.45, 2.75) is 62.1 Å². The number of rotatable bonds is 7. The predicted molar refractivity (Wildman–Crippen MR) is 98.4 cm³/mol. The fourth-order valence-electron chi connectivity index (χ4n) is 2.37. The summed E-state index contributed by atoms with van der Waals surface area (Å²) >= 11 is 10.9. The number of aromatic nitrogens is 1. The molecule has 2 rings (SSSR count). The first-order valence-electron chi connectivity index (χ1n) is 7.13. The van der Waals surface area contributed by atoms with Crippen molar-refractivity contribution in [3.05, 3.63) is 15.0 Å². The summed E-state index contributed by atoms with van der Waals surface area (Å²) in [6, 6.07) is 0. The Hall–Kier alpha value is 0.610. The molecule has 0 N–H and O–H groups in total. The second-order valence-corrected chi connectivity index (χ2v) is 10.2. The maximum atomic E-state index is 5.12. The molecular weight excluding hydrogens is 420 g/mol. The monoisotopic (exact) mass is 438 g/mol. The molecule has 1 aromatic heterocycles. The van der Waals surface area contributed by atoms with Crippen LogP contribution < -0.4 is 0 Å². The maximum Gasteiger partial charge on any atom is 0.149 e. The van der Waals surface area contributed by atoms with Crippen molar-refractivity contribution >= 4 is 60.0 Å². The van der Waals surface area contributed by atoms with E-state index in [9.17, 15) is 0 Å². The standard InChI is InChI=1S/C14H20Br2N2S2/c1-3-5-7-14(8-6-4-2)13(16)20-12(18-14)11-17-9-10(15)19-11/h9,13H,3-8H2,1-2H3. The number of hydrogen-bond donors (Lipinski definition) is 0. The van der Waals surface area contributed by atoms with Gasteiger partial charge in [-0.05, 0) is 28.8 Å². The highest BCUT2D eigenvalue weighted by Gasteiger charge is 2.43. The zero-order chi connectivity index (χ0) is 14.6. The van der Waals surface area contributed by atoms with Crippen molar-refractivity contribution in [2.75, 3.05) is 0 Å². The van der Waals surface area contributed by atoms with Crippen LogP contribution in [0.4, 0.5) is 0 Å². The van der Waals surface area contributed by atoms with Crippen LogP contribution in [0.25, 0.3) is 0 Å². The Bertz CT molecular complexity index is 465. The quantitative estimate of drug-likeness (QED) is 0.469. The largest absolute Gasteiger partial charge is 0.267 e. The zero-order valence-electron chi connectivity index (χ0n) is 11.9. The van der Waals surface area contributed by atoms with Crippen LogP contribution in [0.1, 0.15) is 57.4 Å². The lowest BCUT2D eigenvalue weighted by Gasteiger charge is -2.29. The Labute approximate surface area is 146 Å². The molecule has 0 spiro atoms. The van der Waals surface area contributed by atoms with Crippen LogP contribution in [-0.4, -0.2) is 19.7 Å². The average molecular weight is 440 g/mol. The molecule has 0 aliphatic carbocycles. The molecule has 20 heavy (non-hydrogen) atoms. The van der Waals surface area contributed by atoms with Gasteiger partial charge in [-0.2, -0.15) is 0 Å². The third-order valence-corrected chi connectivity index (χ3v) is 7.73. The van der Waals surface area contributed by atoms with E-state index in [4.69, 9.17) is 4.99 Å². The van der Waals surface area contributed by atoms with Crippen molar-refractivity contribution in [1.29, 1.82) is 0 Å². The van der Waals surface area contributed by atoms with Gasteiger partial charge in [0.05, 0.1) is 19.7 Å². The van der Waals surface area contributed by atoms with Crippen LogP contribution in [0.15, 0.2) is 15.0 Å². The highest BCUT2D eigenvalue weighted by Crippen LogP contribution is 2.47. The summed E-state index contributed by atoms with van der Waals surface area (Å²) in [7, 11) is 0. The second-order valence-electron chi connectivity index (χ2n) is 5.13. The zero-order valence-corrected chi connectivity index (χ0v) is 16.7. The van der Waals surface area contributed by atoms with Crippen LogP contribution >= 0.6 is 55.0 Å². The van der Waals surface area contributed by atoms with Gasteiger partial charge >= 0.3 is 0 Å². The van der Waals surface area contributed by atoms with Gasteiger partial charge in [-0.1, -0.05) is 67.2 Å².